The molecule has 9 heteroatoms. The van der Waals surface area contributed by atoms with Crippen LogP contribution in [0.5, 0.6) is 5.75 Å². The van der Waals surface area contributed by atoms with Crippen LogP contribution in [0.15, 0.2) is 66.6 Å². The molecule has 1 aliphatic heterocycles. The topological polar surface area (TPSA) is 140 Å². The number of hydrogen-bond acceptors (Lipinski definition) is 7. The number of hydrogen-bond donors (Lipinski definition) is 4. The highest BCUT2D eigenvalue weighted by molar-refractivity contribution is 5.93. The molecule has 0 unspecified atom stereocenters. The van der Waals surface area contributed by atoms with Gasteiger partial charge in [0.15, 0.2) is 0 Å². The molecule has 186 valence electrons. The lowest BCUT2D eigenvalue weighted by molar-refractivity contribution is -0.116. The summed E-state index contributed by atoms with van der Waals surface area (Å²) in [5.74, 6) is 6.55. The van der Waals surface area contributed by atoms with Gasteiger partial charge in [-0.05, 0) is 80.3 Å². The highest BCUT2D eigenvalue weighted by Crippen LogP contribution is 2.31. The standard InChI is InChI=1S/C14H15N3O.C12H20N4O/c1-10(18)17-8-2-3-12-9-11(4-5-14(12)17)13-6-7-15-16-13;1-9(2)16(15)7-11(14)8-17-12-5-3-10(13)4-6-12/h4-7,9H,2-3,8H2,1H3,(H,15,16);3-7,9H,8,13-15H2,1-2H3/b;11-7-. The molecule has 2 aromatic carbocycles. The van der Waals surface area contributed by atoms with Gasteiger partial charge < -0.3 is 26.1 Å². The largest absolute Gasteiger partial charge is 0.487 e. The number of aromatic nitrogens is 2. The maximum Gasteiger partial charge on any atom is 0.223 e. The van der Waals surface area contributed by atoms with Crippen molar-refractivity contribution in [2.75, 3.05) is 23.8 Å². The maximum atomic E-state index is 11.6. The summed E-state index contributed by atoms with van der Waals surface area (Å²) in [5.41, 5.74) is 17.0. The molecule has 1 amide bonds. The van der Waals surface area contributed by atoms with Crippen molar-refractivity contribution in [1.29, 1.82) is 0 Å². The van der Waals surface area contributed by atoms with Crippen molar-refractivity contribution in [3.8, 4) is 17.0 Å². The van der Waals surface area contributed by atoms with Crippen molar-refractivity contribution < 1.29 is 9.53 Å². The monoisotopic (exact) mass is 477 g/mol. The van der Waals surface area contributed by atoms with Crippen LogP contribution in [-0.2, 0) is 11.2 Å². The molecule has 1 aliphatic rings. The van der Waals surface area contributed by atoms with Gasteiger partial charge in [-0.2, -0.15) is 5.10 Å². The third-order valence-electron chi connectivity index (χ3n) is 5.59. The molecule has 0 saturated heterocycles. The third kappa shape index (κ3) is 7.25. The zero-order valence-corrected chi connectivity index (χ0v) is 20.6. The zero-order valence-electron chi connectivity index (χ0n) is 20.6. The van der Waals surface area contributed by atoms with Crippen LogP contribution in [0.2, 0.25) is 0 Å². The first-order chi connectivity index (χ1) is 16.7. The fourth-order valence-corrected chi connectivity index (χ4v) is 3.62. The molecule has 35 heavy (non-hydrogen) atoms. The number of ether oxygens (including phenoxy) is 1. The normalized spacial score (nSPS) is 13.1. The van der Waals surface area contributed by atoms with Crippen LogP contribution in [0, 0.1) is 0 Å². The Balaban J connectivity index is 0.000000196. The Hall–Kier alpha value is -3.98. The number of anilines is 2. The van der Waals surface area contributed by atoms with Gasteiger partial charge in [-0.25, -0.2) is 5.84 Å². The Kier molecular flexibility index (Phi) is 8.74. The van der Waals surface area contributed by atoms with Gasteiger partial charge in [-0.15, -0.1) is 0 Å². The number of H-pyrrole nitrogens is 1. The predicted molar refractivity (Wildman–Crippen MR) is 140 cm³/mol. The van der Waals surface area contributed by atoms with E-state index in [0.29, 0.717) is 18.0 Å². The number of amides is 1. The molecule has 3 aromatic rings. The molecule has 0 atom stereocenters. The molecular formula is C26H35N7O2. The van der Waals surface area contributed by atoms with Gasteiger partial charge >= 0.3 is 0 Å². The second-order valence-electron chi connectivity index (χ2n) is 8.69. The number of benzene rings is 2. The fraction of sp³-hybridized carbons (Fsp3) is 0.308. The van der Waals surface area contributed by atoms with Crippen molar-refractivity contribution in [2.45, 2.75) is 39.7 Å². The molecule has 0 radical (unpaired) electrons. The number of nitrogen functional groups attached to an aromatic ring is 1. The second kappa shape index (κ2) is 11.9. The minimum Gasteiger partial charge on any atom is -0.487 e. The van der Waals surface area contributed by atoms with Crippen LogP contribution in [-0.4, -0.2) is 40.3 Å². The summed E-state index contributed by atoms with van der Waals surface area (Å²) in [5, 5.41) is 8.47. The second-order valence-corrected chi connectivity index (χ2v) is 8.69. The van der Waals surface area contributed by atoms with E-state index in [-0.39, 0.29) is 11.9 Å². The SMILES string of the molecule is CC(=O)N1CCCc2cc(-c3ccn[nH]3)ccc21.CC(C)N(N)/C=C(\N)COc1ccc(N)cc1. The van der Waals surface area contributed by atoms with E-state index in [1.54, 1.807) is 48.6 Å². The van der Waals surface area contributed by atoms with E-state index in [4.69, 9.17) is 22.0 Å². The first-order valence-corrected chi connectivity index (χ1v) is 11.6. The number of fused-ring (bicyclic) bond motifs is 1. The predicted octanol–water partition coefficient (Wildman–Crippen LogP) is 3.41. The Labute approximate surface area is 206 Å². The van der Waals surface area contributed by atoms with Crippen LogP contribution >= 0.6 is 0 Å². The third-order valence-corrected chi connectivity index (χ3v) is 5.59. The summed E-state index contributed by atoms with van der Waals surface area (Å²) in [4.78, 5) is 13.4. The number of hydrazine groups is 1. The van der Waals surface area contributed by atoms with Crippen LogP contribution in [0.3, 0.4) is 0 Å². The minimum absolute atomic E-state index is 0.116. The van der Waals surface area contributed by atoms with Gasteiger partial charge in [0.2, 0.25) is 5.91 Å². The molecule has 7 N–H and O–H groups in total. The Bertz CT molecular complexity index is 1130. The summed E-state index contributed by atoms with van der Waals surface area (Å²) < 4.78 is 5.47. The number of nitrogens with zero attached hydrogens (tertiary/aromatic N) is 3. The summed E-state index contributed by atoms with van der Waals surface area (Å²) in [7, 11) is 0. The van der Waals surface area contributed by atoms with Crippen molar-refractivity contribution >= 4 is 17.3 Å². The van der Waals surface area contributed by atoms with Crippen LogP contribution < -0.4 is 26.9 Å². The molecule has 4 rings (SSSR count). The average Bonchev–Trinajstić information content (AvgIpc) is 3.38. The van der Waals surface area contributed by atoms with E-state index in [1.807, 2.05) is 36.9 Å². The minimum atomic E-state index is 0.116. The number of carbonyl (C=O) groups is 1. The number of nitrogens with one attached hydrogen (secondary N) is 1. The van der Waals surface area contributed by atoms with Gasteiger partial charge in [0, 0.05) is 43.3 Å². The zero-order chi connectivity index (χ0) is 25.4. The fourth-order valence-electron chi connectivity index (χ4n) is 3.62. The van der Waals surface area contributed by atoms with Crippen molar-refractivity contribution in [2.24, 2.45) is 11.6 Å². The Morgan fingerprint density at radius 2 is 1.97 bits per heavy atom. The molecule has 0 fully saturated rings. The molecule has 0 aliphatic carbocycles. The van der Waals surface area contributed by atoms with Gasteiger partial charge in [0.25, 0.3) is 0 Å². The summed E-state index contributed by atoms with van der Waals surface area (Å²) >= 11 is 0. The average molecular weight is 478 g/mol. The van der Waals surface area contributed by atoms with Crippen molar-refractivity contribution in [3.05, 3.63) is 72.2 Å². The highest BCUT2D eigenvalue weighted by atomic mass is 16.5. The van der Waals surface area contributed by atoms with E-state index >= 15 is 0 Å². The summed E-state index contributed by atoms with van der Waals surface area (Å²) in [6.07, 6.45) is 5.47. The van der Waals surface area contributed by atoms with Gasteiger partial charge in [-0.1, -0.05) is 6.07 Å². The quantitative estimate of drug-likeness (QED) is 0.242. The first-order valence-electron chi connectivity index (χ1n) is 11.6. The number of nitrogens with two attached hydrogens (primary N) is 3. The van der Waals surface area contributed by atoms with Crippen LogP contribution in [0.1, 0.15) is 32.8 Å². The number of rotatable bonds is 6. The lowest BCUT2D eigenvalue weighted by atomic mass is 9.98. The molecule has 0 spiro atoms. The maximum absolute atomic E-state index is 11.6. The summed E-state index contributed by atoms with van der Waals surface area (Å²) in [6, 6.07) is 15.5. The number of aryl methyl sites for hydroxylation is 1. The Morgan fingerprint density at radius 3 is 2.60 bits per heavy atom. The number of aromatic amines is 1. The first kappa shape index (κ1) is 25.6. The molecule has 1 aromatic heterocycles. The lowest BCUT2D eigenvalue weighted by Crippen LogP contribution is -2.33. The van der Waals surface area contributed by atoms with Crippen molar-refractivity contribution in [3.63, 3.8) is 0 Å². The van der Waals surface area contributed by atoms with E-state index < -0.39 is 0 Å². The van der Waals surface area contributed by atoms with Crippen LogP contribution in [0.4, 0.5) is 11.4 Å². The van der Waals surface area contributed by atoms with Crippen LogP contribution in [0.25, 0.3) is 11.3 Å². The van der Waals surface area contributed by atoms with E-state index in [0.717, 1.165) is 42.1 Å². The van der Waals surface area contributed by atoms with Gasteiger partial charge in [0.1, 0.15) is 12.4 Å². The van der Waals surface area contributed by atoms with E-state index in [9.17, 15) is 4.79 Å². The van der Waals surface area contributed by atoms with Gasteiger partial charge in [-0.3, -0.25) is 9.89 Å². The molecule has 0 bridgehead atoms. The summed E-state index contributed by atoms with van der Waals surface area (Å²) in [6.45, 7) is 6.70. The van der Waals surface area contributed by atoms with E-state index in [2.05, 4.69) is 16.3 Å². The highest BCUT2D eigenvalue weighted by Gasteiger charge is 2.20. The number of carbonyl (C=O) groups excluding carboxylic acids is 1. The molecule has 0 saturated carbocycles. The Morgan fingerprint density at radius 1 is 1.23 bits per heavy atom. The lowest BCUT2D eigenvalue weighted by Gasteiger charge is -2.28. The van der Waals surface area contributed by atoms with Crippen molar-refractivity contribution in [1.82, 2.24) is 15.2 Å². The van der Waals surface area contributed by atoms with Gasteiger partial charge in [0.05, 0.1) is 11.4 Å². The smallest absolute Gasteiger partial charge is 0.223 e. The molecule has 9 nitrogen and oxygen atoms in total. The van der Waals surface area contributed by atoms with E-state index in [1.165, 1.54) is 5.56 Å². The molecular weight excluding hydrogens is 442 g/mol. The molecule has 2 heterocycles.